The van der Waals surface area contributed by atoms with Gasteiger partial charge in [0, 0.05) is 5.03 Å². The lowest BCUT2D eigenvalue weighted by molar-refractivity contribution is 0.0802. The second kappa shape index (κ2) is 2.91. The summed E-state index contributed by atoms with van der Waals surface area (Å²) in [6.45, 7) is 3.21. The van der Waals surface area contributed by atoms with Crippen molar-refractivity contribution < 1.29 is 5.11 Å². The first kappa shape index (κ1) is 10.4. The molecule has 0 fully saturated rings. The first-order valence-corrected chi connectivity index (χ1v) is 4.58. The molecule has 4 heteroatoms. The summed E-state index contributed by atoms with van der Waals surface area (Å²) in [7, 11) is 0. The molecular formula is C8H9Cl3O. The van der Waals surface area contributed by atoms with Crippen LogP contribution in [0.15, 0.2) is 22.2 Å². The minimum absolute atomic E-state index is 0.257. The van der Waals surface area contributed by atoms with E-state index >= 15 is 0 Å². The minimum Gasteiger partial charge on any atom is -0.382 e. The summed E-state index contributed by atoms with van der Waals surface area (Å²) in [4.78, 5) is -0.948. The van der Waals surface area contributed by atoms with Gasteiger partial charge in [-0.1, -0.05) is 23.2 Å². The molecule has 2 unspecified atom stereocenters. The van der Waals surface area contributed by atoms with Crippen LogP contribution < -0.4 is 0 Å². The average Bonchev–Trinajstić information content (AvgIpc) is 1.82. The van der Waals surface area contributed by atoms with E-state index in [1.165, 1.54) is 6.08 Å². The van der Waals surface area contributed by atoms with Gasteiger partial charge in [-0.05, 0) is 26.0 Å². The van der Waals surface area contributed by atoms with Crippen LogP contribution in [0.2, 0.25) is 0 Å². The van der Waals surface area contributed by atoms with Gasteiger partial charge in [-0.15, -0.1) is 11.6 Å². The van der Waals surface area contributed by atoms with Crippen LogP contribution >= 0.6 is 34.8 Å². The lowest BCUT2D eigenvalue weighted by atomic mass is 9.86. The Labute approximate surface area is 86.6 Å². The monoisotopic (exact) mass is 226 g/mol. The Morgan fingerprint density at radius 3 is 2.25 bits per heavy atom. The van der Waals surface area contributed by atoms with E-state index in [9.17, 15) is 5.11 Å². The van der Waals surface area contributed by atoms with E-state index in [0.717, 1.165) is 0 Å². The molecule has 0 radical (unpaired) electrons. The molecule has 0 saturated heterocycles. The summed E-state index contributed by atoms with van der Waals surface area (Å²) < 4.78 is 0. The number of aliphatic hydroxyl groups is 1. The molecule has 0 aromatic heterocycles. The highest BCUT2D eigenvalue weighted by Crippen LogP contribution is 2.42. The zero-order chi connectivity index (χ0) is 9.57. The molecule has 0 aliphatic heterocycles. The Balaban J connectivity index is 3.18. The van der Waals surface area contributed by atoms with Gasteiger partial charge in [-0.25, -0.2) is 0 Å². The summed E-state index contributed by atoms with van der Waals surface area (Å²) in [5.41, 5.74) is -1.26. The average molecular weight is 228 g/mol. The van der Waals surface area contributed by atoms with Gasteiger partial charge in [0.25, 0.3) is 0 Å². The van der Waals surface area contributed by atoms with Gasteiger partial charge in [0.2, 0.25) is 0 Å². The third kappa shape index (κ3) is 1.51. The SMILES string of the molecule is CC1(Cl)C=C(Cl)C=C(Cl)C1(C)O. The van der Waals surface area contributed by atoms with E-state index in [-0.39, 0.29) is 5.03 Å². The zero-order valence-corrected chi connectivity index (χ0v) is 9.00. The van der Waals surface area contributed by atoms with Crippen LogP contribution in [-0.4, -0.2) is 15.6 Å². The maximum atomic E-state index is 9.85. The van der Waals surface area contributed by atoms with E-state index in [2.05, 4.69) is 0 Å². The van der Waals surface area contributed by atoms with E-state index in [1.807, 2.05) is 0 Å². The molecule has 0 bridgehead atoms. The molecule has 1 N–H and O–H groups in total. The van der Waals surface area contributed by atoms with Crippen LogP contribution in [0.25, 0.3) is 0 Å². The Kier molecular flexibility index (Phi) is 2.52. The predicted octanol–water partition coefficient (Wildman–Crippen LogP) is 2.99. The fourth-order valence-electron chi connectivity index (χ4n) is 0.936. The third-order valence-electron chi connectivity index (χ3n) is 2.09. The maximum absolute atomic E-state index is 9.85. The fourth-order valence-corrected chi connectivity index (χ4v) is 1.96. The summed E-state index contributed by atoms with van der Waals surface area (Å²) in [6, 6.07) is 0. The van der Waals surface area contributed by atoms with Gasteiger partial charge in [0.05, 0.1) is 9.91 Å². The van der Waals surface area contributed by atoms with Crippen LogP contribution in [0.5, 0.6) is 0 Å². The van der Waals surface area contributed by atoms with E-state index < -0.39 is 10.5 Å². The molecule has 1 aliphatic carbocycles. The number of allylic oxidation sites excluding steroid dienone is 2. The Bertz CT molecular complexity index is 263. The molecule has 0 amide bonds. The molecule has 0 aromatic carbocycles. The summed E-state index contributed by atoms with van der Waals surface area (Å²) >= 11 is 17.5. The molecule has 0 spiro atoms. The molecule has 1 rings (SSSR count). The van der Waals surface area contributed by atoms with E-state index in [4.69, 9.17) is 34.8 Å². The molecule has 1 nitrogen and oxygen atoms in total. The molecule has 0 heterocycles. The van der Waals surface area contributed by atoms with Crippen LogP contribution in [0, 0.1) is 0 Å². The smallest absolute Gasteiger partial charge is 0.120 e. The largest absolute Gasteiger partial charge is 0.382 e. The lowest BCUT2D eigenvalue weighted by Crippen LogP contribution is -2.46. The Morgan fingerprint density at radius 2 is 1.83 bits per heavy atom. The first-order valence-electron chi connectivity index (χ1n) is 3.45. The summed E-state index contributed by atoms with van der Waals surface area (Å²) in [5.74, 6) is 0. The van der Waals surface area contributed by atoms with Gasteiger partial charge < -0.3 is 5.11 Å². The fraction of sp³-hybridized carbons (Fsp3) is 0.500. The molecule has 0 aromatic rings. The third-order valence-corrected chi connectivity index (χ3v) is 3.26. The van der Waals surface area contributed by atoms with Crippen LogP contribution in [-0.2, 0) is 0 Å². The highest BCUT2D eigenvalue weighted by Gasteiger charge is 2.45. The summed E-state index contributed by atoms with van der Waals surface area (Å²) in [6.07, 6.45) is 3.06. The van der Waals surface area contributed by atoms with Crippen molar-refractivity contribution in [3.05, 3.63) is 22.2 Å². The zero-order valence-electron chi connectivity index (χ0n) is 6.74. The van der Waals surface area contributed by atoms with Crippen molar-refractivity contribution in [2.24, 2.45) is 0 Å². The molecule has 1 aliphatic rings. The van der Waals surface area contributed by atoms with Gasteiger partial charge in [0.15, 0.2) is 0 Å². The van der Waals surface area contributed by atoms with Crippen LogP contribution in [0.1, 0.15) is 13.8 Å². The number of rotatable bonds is 0. The highest BCUT2D eigenvalue weighted by molar-refractivity contribution is 6.38. The molecule has 68 valence electrons. The van der Waals surface area contributed by atoms with Crippen molar-refractivity contribution in [1.29, 1.82) is 0 Å². The van der Waals surface area contributed by atoms with Crippen molar-refractivity contribution in [1.82, 2.24) is 0 Å². The quantitative estimate of drug-likeness (QED) is 0.631. The number of halogens is 3. The molecule has 12 heavy (non-hydrogen) atoms. The second-order valence-corrected chi connectivity index (χ2v) is 4.80. The van der Waals surface area contributed by atoms with Crippen LogP contribution in [0.3, 0.4) is 0 Å². The van der Waals surface area contributed by atoms with Crippen molar-refractivity contribution >= 4 is 34.8 Å². The predicted molar refractivity (Wildman–Crippen MR) is 52.8 cm³/mol. The van der Waals surface area contributed by atoms with Crippen molar-refractivity contribution in [2.45, 2.75) is 24.3 Å². The van der Waals surface area contributed by atoms with Crippen molar-refractivity contribution in [3.63, 3.8) is 0 Å². The highest BCUT2D eigenvalue weighted by atomic mass is 35.5. The number of hydrogen-bond donors (Lipinski definition) is 1. The Morgan fingerprint density at radius 1 is 1.33 bits per heavy atom. The normalized spacial score (nSPS) is 42.2. The lowest BCUT2D eigenvalue weighted by Gasteiger charge is -2.37. The first-order chi connectivity index (χ1) is 5.27. The maximum Gasteiger partial charge on any atom is 0.120 e. The van der Waals surface area contributed by atoms with Crippen LogP contribution in [0.4, 0.5) is 0 Å². The topological polar surface area (TPSA) is 20.2 Å². The second-order valence-electron chi connectivity index (χ2n) is 3.17. The van der Waals surface area contributed by atoms with Crippen molar-refractivity contribution in [3.8, 4) is 0 Å². The van der Waals surface area contributed by atoms with Gasteiger partial charge in [-0.3, -0.25) is 0 Å². The van der Waals surface area contributed by atoms with Gasteiger partial charge >= 0.3 is 0 Å². The summed E-state index contributed by atoms with van der Waals surface area (Å²) in [5, 5.41) is 10.6. The molecule has 0 saturated carbocycles. The molecule has 2 atom stereocenters. The molecular weight excluding hydrogens is 218 g/mol. The Hall–Kier alpha value is 0.310. The standard InChI is InChI=1S/C8H9Cl3O/c1-7(11)4-5(9)3-6(10)8(7,2)12/h3-4,12H,1-2H3. The van der Waals surface area contributed by atoms with E-state index in [0.29, 0.717) is 5.03 Å². The number of hydrogen-bond acceptors (Lipinski definition) is 1. The van der Waals surface area contributed by atoms with Gasteiger partial charge in [-0.2, -0.15) is 0 Å². The van der Waals surface area contributed by atoms with Gasteiger partial charge in [0.1, 0.15) is 5.60 Å². The number of alkyl halides is 1. The van der Waals surface area contributed by atoms with E-state index in [1.54, 1.807) is 19.9 Å². The minimum atomic E-state index is -1.26. The van der Waals surface area contributed by atoms with Crippen molar-refractivity contribution in [2.75, 3.05) is 0 Å².